The molecule has 31 heavy (non-hydrogen) atoms. The largest absolute Gasteiger partial charge is 0.486 e. The molecule has 5 rings (SSSR count). The molecule has 2 aromatic carbocycles. The summed E-state index contributed by atoms with van der Waals surface area (Å²) in [4.78, 5) is 23.2. The summed E-state index contributed by atoms with van der Waals surface area (Å²) in [5.41, 5.74) is 1.15. The van der Waals surface area contributed by atoms with Gasteiger partial charge in [0, 0.05) is 10.3 Å². The number of benzene rings is 2. The molecule has 1 atom stereocenters. The van der Waals surface area contributed by atoms with E-state index in [9.17, 15) is 4.79 Å². The summed E-state index contributed by atoms with van der Waals surface area (Å²) in [5.74, 6) is 1.64. The first-order chi connectivity index (χ1) is 15.3. The zero-order valence-electron chi connectivity index (χ0n) is 16.5. The Balaban J connectivity index is 1.19. The fourth-order valence-corrected chi connectivity index (χ4v) is 5.14. The minimum absolute atomic E-state index is 0.0715. The van der Waals surface area contributed by atoms with Crippen LogP contribution in [0, 0.1) is 0 Å². The highest BCUT2D eigenvalue weighted by Crippen LogP contribution is 2.36. The van der Waals surface area contributed by atoms with Crippen LogP contribution in [0.2, 0.25) is 0 Å². The molecule has 1 amide bonds. The number of carbonyl (C=O) groups excluding carboxylic acids is 1. The maximum Gasteiger partial charge on any atom is 0.230 e. The lowest BCUT2D eigenvalue weighted by Crippen LogP contribution is -2.41. The van der Waals surface area contributed by atoms with E-state index in [1.807, 2.05) is 42.5 Å². The topological polar surface area (TPSA) is 73.3 Å². The van der Waals surface area contributed by atoms with Crippen molar-refractivity contribution in [2.45, 2.75) is 11.1 Å². The SMILES string of the molecule is O=C(CSc1ncnc2sc(-c3ccccc3)cc12)NCC1COc2ccccc2O1. The molecule has 1 aliphatic heterocycles. The van der Waals surface area contributed by atoms with Crippen LogP contribution in [0.4, 0.5) is 0 Å². The molecule has 3 heterocycles. The number of hydrogen-bond acceptors (Lipinski definition) is 7. The summed E-state index contributed by atoms with van der Waals surface area (Å²) in [5, 5.41) is 4.71. The first-order valence-corrected chi connectivity index (χ1v) is 11.6. The number of thiophene rings is 1. The summed E-state index contributed by atoms with van der Waals surface area (Å²) < 4.78 is 11.6. The third-order valence-corrected chi connectivity index (χ3v) is 6.88. The van der Waals surface area contributed by atoms with Gasteiger partial charge >= 0.3 is 0 Å². The van der Waals surface area contributed by atoms with E-state index in [4.69, 9.17) is 9.47 Å². The van der Waals surface area contributed by atoms with E-state index in [1.54, 1.807) is 17.7 Å². The number of para-hydroxylation sites is 2. The van der Waals surface area contributed by atoms with E-state index in [1.165, 1.54) is 11.8 Å². The number of carbonyl (C=O) groups is 1. The Bertz CT molecular complexity index is 1210. The van der Waals surface area contributed by atoms with Gasteiger partial charge in [0.15, 0.2) is 11.5 Å². The Labute approximate surface area is 187 Å². The summed E-state index contributed by atoms with van der Waals surface area (Å²) in [7, 11) is 0. The molecule has 6 nitrogen and oxygen atoms in total. The summed E-state index contributed by atoms with van der Waals surface area (Å²) in [6.07, 6.45) is 1.35. The van der Waals surface area contributed by atoms with Gasteiger partial charge in [0.2, 0.25) is 5.91 Å². The number of aromatic nitrogens is 2. The molecule has 0 saturated carbocycles. The van der Waals surface area contributed by atoms with Gasteiger partial charge < -0.3 is 14.8 Å². The minimum atomic E-state index is -0.208. The first kappa shape index (κ1) is 19.8. The van der Waals surface area contributed by atoms with Crippen molar-refractivity contribution in [1.29, 1.82) is 0 Å². The van der Waals surface area contributed by atoms with Crippen LogP contribution in [-0.2, 0) is 4.79 Å². The van der Waals surface area contributed by atoms with Crippen LogP contribution in [0.3, 0.4) is 0 Å². The second-order valence-electron chi connectivity index (χ2n) is 6.96. The number of rotatable bonds is 6. The zero-order valence-corrected chi connectivity index (χ0v) is 18.1. The smallest absolute Gasteiger partial charge is 0.230 e. The van der Waals surface area contributed by atoms with Gasteiger partial charge in [-0.2, -0.15) is 0 Å². The molecule has 156 valence electrons. The first-order valence-electron chi connectivity index (χ1n) is 9.84. The highest BCUT2D eigenvalue weighted by molar-refractivity contribution is 8.00. The van der Waals surface area contributed by atoms with Crippen LogP contribution in [0.25, 0.3) is 20.7 Å². The highest BCUT2D eigenvalue weighted by Gasteiger charge is 2.21. The number of fused-ring (bicyclic) bond motifs is 2. The molecule has 1 N–H and O–H groups in total. The highest BCUT2D eigenvalue weighted by atomic mass is 32.2. The molecule has 0 bridgehead atoms. The van der Waals surface area contributed by atoms with E-state index in [2.05, 4.69) is 33.5 Å². The third kappa shape index (κ3) is 4.50. The second-order valence-corrected chi connectivity index (χ2v) is 8.96. The molecule has 8 heteroatoms. The van der Waals surface area contributed by atoms with Crippen LogP contribution in [0.5, 0.6) is 11.5 Å². The lowest BCUT2D eigenvalue weighted by atomic mass is 10.2. The lowest BCUT2D eigenvalue weighted by molar-refractivity contribution is -0.119. The average Bonchev–Trinajstić information content (AvgIpc) is 3.27. The average molecular weight is 450 g/mol. The van der Waals surface area contributed by atoms with Crippen LogP contribution in [0.15, 0.2) is 72.0 Å². The molecule has 2 aromatic heterocycles. The van der Waals surface area contributed by atoms with Crippen molar-refractivity contribution in [3.8, 4) is 21.9 Å². The second kappa shape index (κ2) is 8.95. The van der Waals surface area contributed by atoms with Crippen LogP contribution >= 0.6 is 23.1 Å². The van der Waals surface area contributed by atoms with E-state index in [-0.39, 0.29) is 17.8 Å². The van der Waals surface area contributed by atoms with E-state index in [0.29, 0.717) is 18.9 Å². The molecule has 0 spiro atoms. The van der Waals surface area contributed by atoms with Gasteiger partial charge in [-0.15, -0.1) is 11.3 Å². The maximum atomic E-state index is 12.4. The Morgan fingerprint density at radius 3 is 2.77 bits per heavy atom. The number of hydrogen-bond donors (Lipinski definition) is 1. The summed E-state index contributed by atoms with van der Waals surface area (Å²) in [6, 6.07) is 19.8. The Morgan fingerprint density at radius 1 is 1.10 bits per heavy atom. The molecular weight excluding hydrogens is 430 g/mol. The molecule has 0 radical (unpaired) electrons. The minimum Gasteiger partial charge on any atom is -0.486 e. The van der Waals surface area contributed by atoms with Gasteiger partial charge in [0.25, 0.3) is 0 Å². The maximum absolute atomic E-state index is 12.4. The van der Waals surface area contributed by atoms with Crippen molar-refractivity contribution >= 4 is 39.2 Å². The predicted molar refractivity (Wildman–Crippen MR) is 123 cm³/mol. The van der Waals surface area contributed by atoms with Gasteiger partial charge in [0.05, 0.1) is 12.3 Å². The van der Waals surface area contributed by atoms with E-state index in [0.717, 1.165) is 31.4 Å². The van der Waals surface area contributed by atoms with Gasteiger partial charge in [-0.25, -0.2) is 9.97 Å². The molecule has 0 aliphatic carbocycles. The molecule has 0 fully saturated rings. The molecule has 4 aromatic rings. The number of amides is 1. The lowest BCUT2D eigenvalue weighted by Gasteiger charge is -2.26. The number of ether oxygens (including phenoxy) is 2. The number of nitrogens with zero attached hydrogens (tertiary/aromatic N) is 2. The molecule has 0 saturated heterocycles. The quantitative estimate of drug-likeness (QED) is 0.347. The van der Waals surface area contributed by atoms with Crippen LogP contribution < -0.4 is 14.8 Å². The van der Waals surface area contributed by atoms with Crippen molar-refractivity contribution in [1.82, 2.24) is 15.3 Å². The molecule has 1 unspecified atom stereocenters. The number of thioether (sulfide) groups is 1. The predicted octanol–water partition coefficient (Wildman–Crippen LogP) is 4.41. The third-order valence-electron chi connectivity index (χ3n) is 4.79. The fraction of sp³-hybridized carbons (Fsp3) is 0.174. The monoisotopic (exact) mass is 449 g/mol. The van der Waals surface area contributed by atoms with Gasteiger partial charge in [-0.3, -0.25) is 4.79 Å². The van der Waals surface area contributed by atoms with Crippen molar-refractivity contribution < 1.29 is 14.3 Å². The number of nitrogens with one attached hydrogen (secondary N) is 1. The standard InChI is InChI=1S/C23H19N3O3S2/c27-21(24-11-16-12-28-18-8-4-5-9-19(18)29-16)13-30-22-17-10-20(15-6-2-1-3-7-15)31-23(17)26-14-25-22/h1-10,14,16H,11-13H2,(H,24,27). The Kier molecular flexibility index (Phi) is 5.73. The Hall–Kier alpha value is -3.10. The van der Waals surface area contributed by atoms with E-state index >= 15 is 0 Å². The van der Waals surface area contributed by atoms with Crippen molar-refractivity contribution in [2.75, 3.05) is 18.9 Å². The van der Waals surface area contributed by atoms with Crippen LogP contribution in [-0.4, -0.2) is 40.9 Å². The molecule has 1 aliphatic rings. The van der Waals surface area contributed by atoms with Gasteiger partial charge in [-0.05, 0) is 23.8 Å². The zero-order chi connectivity index (χ0) is 21.0. The summed E-state index contributed by atoms with van der Waals surface area (Å²) >= 11 is 3.04. The van der Waals surface area contributed by atoms with Crippen molar-refractivity contribution in [2.24, 2.45) is 0 Å². The van der Waals surface area contributed by atoms with Crippen molar-refractivity contribution in [3.05, 3.63) is 67.0 Å². The van der Waals surface area contributed by atoms with Gasteiger partial charge in [0.1, 0.15) is 28.9 Å². The molecular formula is C23H19N3O3S2. The normalized spacial score (nSPS) is 15.0. The summed E-state index contributed by atoms with van der Waals surface area (Å²) in [6.45, 7) is 0.803. The Morgan fingerprint density at radius 2 is 1.90 bits per heavy atom. The van der Waals surface area contributed by atoms with Gasteiger partial charge in [-0.1, -0.05) is 54.2 Å². The van der Waals surface area contributed by atoms with Crippen molar-refractivity contribution in [3.63, 3.8) is 0 Å². The van der Waals surface area contributed by atoms with E-state index < -0.39 is 0 Å². The van der Waals surface area contributed by atoms with Crippen LogP contribution in [0.1, 0.15) is 0 Å². The fourth-order valence-electron chi connectivity index (χ4n) is 3.27.